The van der Waals surface area contributed by atoms with Crippen LogP contribution in [0.15, 0.2) is 24.3 Å². The molecule has 0 saturated heterocycles. The smallest absolute Gasteiger partial charge is 0.0208 e. The first-order valence-electron chi connectivity index (χ1n) is 6.11. The van der Waals surface area contributed by atoms with Crippen LogP contribution in [-0.2, 0) is 6.54 Å². The van der Waals surface area contributed by atoms with Gasteiger partial charge < -0.3 is 5.32 Å². The first kappa shape index (κ1) is 13.0. The second kappa shape index (κ2) is 6.49. The van der Waals surface area contributed by atoms with Crippen molar-refractivity contribution in [2.24, 2.45) is 0 Å². The maximum absolute atomic E-state index is 3.24. The topological polar surface area (TPSA) is 12.0 Å². The van der Waals surface area contributed by atoms with Crippen molar-refractivity contribution in [3.63, 3.8) is 0 Å². The Morgan fingerprint density at radius 2 is 2.12 bits per heavy atom. The van der Waals surface area contributed by atoms with Crippen LogP contribution in [-0.4, -0.2) is 7.05 Å². The molecule has 0 spiro atoms. The van der Waals surface area contributed by atoms with Crippen molar-refractivity contribution in [1.82, 2.24) is 5.32 Å². The molecule has 1 N–H and O–H groups in total. The molecule has 0 aliphatic rings. The quantitative estimate of drug-likeness (QED) is 0.788. The molecule has 0 radical (unpaired) electrons. The molecule has 1 aromatic carbocycles. The van der Waals surface area contributed by atoms with E-state index in [1.54, 1.807) is 0 Å². The summed E-state index contributed by atoms with van der Waals surface area (Å²) < 4.78 is 0. The average Bonchev–Trinajstić information content (AvgIpc) is 2.26. The highest BCUT2D eigenvalue weighted by Crippen LogP contribution is 2.23. The Kier molecular flexibility index (Phi) is 5.27. The number of rotatable bonds is 5. The van der Waals surface area contributed by atoms with Gasteiger partial charge in [0, 0.05) is 6.54 Å². The van der Waals surface area contributed by atoms with Crippen LogP contribution in [0.5, 0.6) is 0 Å². The summed E-state index contributed by atoms with van der Waals surface area (Å²) in [5, 5.41) is 3.24. The third kappa shape index (κ3) is 3.21. The van der Waals surface area contributed by atoms with Crippen molar-refractivity contribution in [2.75, 3.05) is 7.05 Å². The van der Waals surface area contributed by atoms with Crippen LogP contribution in [0.25, 0.3) is 5.57 Å². The standard InChI is InChI=1S/C15H23N/c1-5-6-8-12(2)15-13(3)9-7-10-14(15)11-16-4/h7-10,16H,5-6,11H2,1-4H3/b12-8-. The minimum absolute atomic E-state index is 0.939. The van der Waals surface area contributed by atoms with Gasteiger partial charge in [0.1, 0.15) is 0 Å². The van der Waals surface area contributed by atoms with Crippen molar-refractivity contribution in [3.8, 4) is 0 Å². The first-order valence-corrected chi connectivity index (χ1v) is 6.11. The second-order valence-electron chi connectivity index (χ2n) is 4.32. The molecule has 88 valence electrons. The van der Waals surface area contributed by atoms with Crippen LogP contribution in [0.4, 0.5) is 0 Å². The molecule has 0 bridgehead atoms. The van der Waals surface area contributed by atoms with Crippen molar-refractivity contribution in [2.45, 2.75) is 40.2 Å². The van der Waals surface area contributed by atoms with Crippen LogP contribution in [0.3, 0.4) is 0 Å². The number of unbranched alkanes of at least 4 members (excludes halogenated alkanes) is 1. The second-order valence-corrected chi connectivity index (χ2v) is 4.32. The van der Waals surface area contributed by atoms with E-state index in [0.717, 1.165) is 6.54 Å². The predicted octanol–water partition coefficient (Wildman–Crippen LogP) is 3.92. The molecule has 0 fully saturated rings. The molecule has 1 rings (SSSR count). The van der Waals surface area contributed by atoms with Crippen molar-refractivity contribution < 1.29 is 0 Å². The molecule has 0 heterocycles. The number of allylic oxidation sites excluding steroid dienone is 2. The van der Waals surface area contributed by atoms with E-state index < -0.39 is 0 Å². The summed E-state index contributed by atoms with van der Waals surface area (Å²) in [5.41, 5.74) is 5.60. The van der Waals surface area contributed by atoms with E-state index in [1.165, 1.54) is 35.1 Å². The molecule has 0 aliphatic heterocycles. The molecule has 0 unspecified atom stereocenters. The van der Waals surface area contributed by atoms with E-state index in [4.69, 9.17) is 0 Å². The molecule has 0 atom stereocenters. The number of aryl methyl sites for hydroxylation is 1. The lowest BCUT2D eigenvalue weighted by Gasteiger charge is -2.13. The minimum atomic E-state index is 0.939. The van der Waals surface area contributed by atoms with Gasteiger partial charge in [0.15, 0.2) is 0 Å². The molecule has 0 aliphatic carbocycles. The maximum Gasteiger partial charge on any atom is 0.0208 e. The summed E-state index contributed by atoms with van der Waals surface area (Å²) in [6.07, 6.45) is 4.73. The fraction of sp³-hybridized carbons (Fsp3) is 0.467. The van der Waals surface area contributed by atoms with Crippen molar-refractivity contribution in [1.29, 1.82) is 0 Å². The fourth-order valence-corrected chi connectivity index (χ4v) is 2.09. The van der Waals surface area contributed by atoms with Gasteiger partial charge in [-0.15, -0.1) is 0 Å². The maximum atomic E-state index is 3.24. The molecule has 1 nitrogen and oxygen atoms in total. The van der Waals surface area contributed by atoms with Gasteiger partial charge in [-0.3, -0.25) is 0 Å². The first-order chi connectivity index (χ1) is 7.70. The summed E-state index contributed by atoms with van der Waals surface area (Å²) in [6.45, 7) is 7.57. The molecule has 16 heavy (non-hydrogen) atoms. The summed E-state index contributed by atoms with van der Waals surface area (Å²) in [7, 11) is 2.00. The van der Waals surface area contributed by atoms with Crippen molar-refractivity contribution >= 4 is 5.57 Å². The van der Waals surface area contributed by atoms with E-state index in [9.17, 15) is 0 Å². The van der Waals surface area contributed by atoms with Crippen LogP contribution in [0.2, 0.25) is 0 Å². The van der Waals surface area contributed by atoms with Crippen LogP contribution in [0.1, 0.15) is 43.4 Å². The predicted molar refractivity (Wildman–Crippen MR) is 72.5 cm³/mol. The normalized spacial score (nSPS) is 11.9. The van der Waals surface area contributed by atoms with E-state index in [2.05, 4.69) is 50.4 Å². The number of hydrogen-bond donors (Lipinski definition) is 1. The van der Waals surface area contributed by atoms with Gasteiger partial charge in [-0.2, -0.15) is 0 Å². The molecular weight excluding hydrogens is 194 g/mol. The SMILES string of the molecule is CCC/C=C(/C)c1c(C)cccc1CNC. The Morgan fingerprint density at radius 3 is 2.75 bits per heavy atom. The molecule has 0 amide bonds. The molecule has 1 heteroatoms. The lowest BCUT2D eigenvalue weighted by Crippen LogP contribution is -2.08. The molecular formula is C15H23N. The Morgan fingerprint density at radius 1 is 1.38 bits per heavy atom. The van der Waals surface area contributed by atoms with Crippen LogP contribution >= 0.6 is 0 Å². The molecule has 0 saturated carbocycles. The number of nitrogens with one attached hydrogen (secondary N) is 1. The lowest BCUT2D eigenvalue weighted by molar-refractivity contribution is 0.814. The van der Waals surface area contributed by atoms with Gasteiger partial charge in [0.2, 0.25) is 0 Å². The van der Waals surface area contributed by atoms with Gasteiger partial charge in [-0.25, -0.2) is 0 Å². The number of benzene rings is 1. The Bertz CT molecular complexity index is 364. The zero-order valence-corrected chi connectivity index (χ0v) is 10.9. The summed E-state index contributed by atoms with van der Waals surface area (Å²) in [5.74, 6) is 0. The third-order valence-electron chi connectivity index (χ3n) is 2.86. The molecule has 0 aromatic heterocycles. The Hall–Kier alpha value is -1.08. The zero-order chi connectivity index (χ0) is 12.0. The van der Waals surface area contributed by atoms with E-state index >= 15 is 0 Å². The van der Waals surface area contributed by atoms with Crippen molar-refractivity contribution in [3.05, 3.63) is 41.0 Å². The van der Waals surface area contributed by atoms with Gasteiger partial charge in [-0.1, -0.05) is 37.6 Å². The number of hydrogen-bond acceptors (Lipinski definition) is 1. The van der Waals surface area contributed by atoms with E-state index in [-0.39, 0.29) is 0 Å². The average molecular weight is 217 g/mol. The van der Waals surface area contributed by atoms with Gasteiger partial charge >= 0.3 is 0 Å². The van der Waals surface area contributed by atoms with Gasteiger partial charge in [0.25, 0.3) is 0 Å². The highest BCUT2D eigenvalue weighted by molar-refractivity contribution is 5.69. The zero-order valence-electron chi connectivity index (χ0n) is 10.9. The fourth-order valence-electron chi connectivity index (χ4n) is 2.09. The van der Waals surface area contributed by atoms with Crippen LogP contribution in [0, 0.1) is 6.92 Å². The summed E-state index contributed by atoms with van der Waals surface area (Å²) >= 11 is 0. The Balaban J connectivity index is 3.08. The van der Waals surface area contributed by atoms with Gasteiger partial charge in [0.05, 0.1) is 0 Å². The molecule has 1 aromatic rings. The van der Waals surface area contributed by atoms with E-state index in [0.29, 0.717) is 0 Å². The summed E-state index contributed by atoms with van der Waals surface area (Å²) in [4.78, 5) is 0. The van der Waals surface area contributed by atoms with Gasteiger partial charge in [-0.05, 0) is 49.6 Å². The minimum Gasteiger partial charge on any atom is -0.316 e. The van der Waals surface area contributed by atoms with Crippen LogP contribution < -0.4 is 5.32 Å². The highest BCUT2D eigenvalue weighted by Gasteiger charge is 2.06. The lowest BCUT2D eigenvalue weighted by atomic mass is 9.95. The highest BCUT2D eigenvalue weighted by atomic mass is 14.8. The largest absolute Gasteiger partial charge is 0.316 e. The monoisotopic (exact) mass is 217 g/mol. The third-order valence-corrected chi connectivity index (χ3v) is 2.86. The summed E-state index contributed by atoms with van der Waals surface area (Å²) in [6, 6.07) is 6.54. The Labute approximate surface area is 99.6 Å². The van der Waals surface area contributed by atoms with E-state index in [1.807, 2.05) is 7.05 Å².